The van der Waals surface area contributed by atoms with Crippen LogP contribution in [0.1, 0.15) is 81.7 Å². The fraction of sp³-hybridized carbons (Fsp3) is 0.667. The molecule has 0 radical (unpaired) electrons. The number of carbonyl (C=O) groups is 2. The molecule has 1 heterocycles. The fourth-order valence-electron chi connectivity index (χ4n) is 3.51. The lowest BCUT2D eigenvalue weighted by Gasteiger charge is -2.15. The van der Waals surface area contributed by atoms with E-state index in [0.717, 1.165) is 44.9 Å². The second-order valence-electron chi connectivity index (χ2n) is 7.23. The maximum Gasteiger partial charge on any atom is 0.326 e. The van der Waals surface area contributed by atoms with Crippen molar-refractivity contribution in [2.45, 2.75) is 90.0 Å². The molecule has 1 aromatic heterocycles. The van der Waals surface area contributed by atoms with E-state index in [0.29, 0.717) is 12.8 Å². The summed E-state index contributed by atoms with van der Waals surface area (Å²) in [6.07, 6.45) is 11.9. The number of carboxylic acids is 1. The second-order valence-corrected chi connectivity index (χ2v) is 7.23. The van der Waals surface area contributed by atoms with Crippen LogP contribution in [0.5, 0.6) is 0 Å². The van der Waals surface area contributed by atoms with Crippen LogP contribution < -0.4 is 5.32 Å². The van der Waals surface area contributed by atoms with Gasteiger partial charge in [-0.3, -0.25) is 9.78 Å². The number of aromatic nitrogens is 1. The summed E-state index contributed by atoms with van der Waals surface area (Å²) < 4.78 is 0. The third kappa shape index (κ3) is 6.77. The number of unbranched alkanes of at least 4 members (excludes halogenated alkanes) is 4. The molecule has 0 aromatic carbocycles. The first-order valence-corrected chi connectivity index (χ1v) is 10.1. The summed E-state index contributed by atoms with van der Waals surface area (Å²) >= 11 is 0. The highest BCUT2D eigenvalue weighted by Crippen LogP contribution is 2.20. The van der Waals surface area contributed by atoms with E-state index in [1.165, 1.54) is 36.2 Å². The number of amides is 1. The van der Waals surface area contributed by atoms with E-state index in [2.05, 4.69) is 17.4 Å². The van der Waals surface area contributed by atoms with Crippen LogP contribution in [0.4, 0.5) is 0 Å². The van der Waals surface area contributed by atoms with Gasteiger partial charge in [-0.1, -0.05) is 38.7 Å². The fourth-order valence-corrected chi connectivity index (χ4v) is 3.51. The van der Waals surface area contributed by atoms with Crippen LogP contribution >= 0.6 is 0 Å². The lowest BCUT2D eigenvalue weighted by molar-refractivity contribution is -0.142. The van der Waals surface area contributed by atoms with Crippen LogP contribution in [-0.2, 0) is 28.9 Å². The molecule has 0 fully saturated rings. The van der Waals surface area contributed by atoms with Gasteiger partial charge >= 0.3 is 5.97 Å². The predicted molar refractivity (Wildman–Crippen MR) is 102 cm³/mol. The van der Waals surface area contributed by atoms with E-state index in [1.54, 1.807) is 6.92 Å². The molecule has 1 atom stereocenters. The number of nitrogens with one attached hydrogen (secondary N) is 1. The Morgan fingerprint density at radius 1 is 1.12 bits per heavy atom. The monoisotopic (exact) mass is 360 g/mol. The minimum absolute atomic E-state index is 0.199. The van der Waals surface area contributed by atoms with Crippen molar-refractivity contribution in [3.05, 3.63) is 29.1 Å². The Morgan fingerprint density at radius 2 is 1.85 bits per heavy atom. The molecule has 1 aromatic rings. The minimum Gasteiger partial charge on any atom is -0.480 e. The van der Waals surface area contributed by atoms with Crippen LogP contribution in [0, 0.1) is 0 Å². The van der Waals surface area contributed by atoms with Gasteiger partial charge in [-0.05, 0) is 56.6 Å². The van der Waals surface area contributed by atoms with Crippen LogP contribution in [0.3, 0.4) is 0 Å². The number of carbonyl (C=O) groups excluding carboxylic acids is 1. The number of rotatable bonds is 11. The molecular weight excluding hydrogens is 328 g/mol. The zero-order chi connectivity index (χ0) is 18.8. The Kier molecular flexibility index (Phi) is 8.59. The van der Waals surface area contributed by atoms with Gasteiger partial charge in [0.15, 0.2) is 0 Å². The Balaban J connectivity index is 1.59. The zero-order valence-electron chi connectivity index (χ0n) is 15.9. The molecule has 0 aliphatic heterocycles. The first kappa shape index (κ1) is 20.4. The summed E-state index contributed by atoms with van der Waals surface area (Å²) in [5, 5.41) is 11.7. The molecule has 2 rings (SSSR count). The minimum atomic E-state index is -0.940. The third-order valence-electron chi connectivity index (χ3n) is 5.12. The van der Waals surface area contributed by atoms with Gasteiger partial charge in [-0.15, -0.1) is 0 Å². The molecule has 2 N–H and O–H groups in total. The average Bonchev–Trinajstić information content (AvgIpc) is 2.65. The molecule has 0 spiro atoms. The van der Waals surface area contributed by atoms with Gasteiger partial charge < -0.3 is 10.4 Å². The number of fused-ring (bicyclic) bond motifs is 1. The Bertz CT molecular complexity index is 601. The van der Waals surface area contributed by atoms with E-state index in [1.807, 2.05) is 0 Å². The van der Waals surface area contributed by atoms with Gasteiger partial charge in [0.1, 0.15) is 6.04 Å². The summed E-state index contributed by atoms with van der Waals surface area (Å²) in [7, 11) is 0. The van der Waals surface area contributed by atoms with E-state index in [-0.39, 0.29) is 5.91 Å². The zero-order valence-corrected chi connectivity index (χ0v) is 15.9. The van der Waals surface area contributed by atoms with Gasteiger partial charge in [0.2, 0.25) is 5.91 Å². The van der Waals surface area contributed by atoms with E-state index < -0.39 is 12.0 Å². The van der Waals surface area contributed by atoms with Crippen LogP contribution in [0.2, 0.25) is 0 Å². The first-order valence-electron chi connectivity index (χ1n) is 10.1. The standard InChI is InChI=1S/C21H32N2O3/c1-2-20(24)23-19(21(25)26)13-7-5-3-4-6-11-17-15-14-16-10-8-9-12-18(16)22-17/h14-15,19H,2-13H2,1H3,(H,23,24)(H,25,26). The molecule has 1 amide bonds. The molecule has 0 saturated carbocycles. The highest BCUT2D eigenvalue weighted by atomic mass is 16.4. The van der Waals surface area contributed by atoms with Crippen molar-refractivity contribution in [3.63, 3.8) is 0 Å². The van der Waals surface area contributed by atoms with Gasteiger partial charge in [0, 0.05) is 17.8 Å². The quantitative estimate of drug-likeness (QED) is 0.588. The van der Waals surface area contributed by atoms with Crippen molar-refractivity contribution in [2.75, 3.05) is 0 Å². The number of aliphatic carboxylic acids is 1. The molecule has 1 aliphatic rings. The molecule has 144 valence electrons. The van der Waals surface area contributed by atoms with Crippen LogP contribution in [-0.4, -0.2) is 28.0 Å². The molecule has 5 heteroatoms. The van der Waals surface area contributed by atoms with E-state index >= 15 is 0 Å². The molecule has 0 saturated heterocycles. The molecule has 1 aliphatic carbocycles. The van der Waals surface area contributed by atoms with Crippen molar-refractivity contribution < 1.29 is 14.7 Å². The number of hydrogen-bond donors (Lipinski definition) is 2. The Hall–Kier alpha value is -1.91. The van der Waals surface area contributed by atoms with Crippen molar-refractivity contribution >= 4 is 11.9 Å². The Morgan fingerprint density at radius 3 is 2.62 bits per heavy atom. The lowest BCUT2D eigenvalue weighted by Crippen LogP contribution is -2.40. The maximum absolute atomic E-state index is 11.3. The summed E-state index contributed by atoms with van der Waals surface area (Å²) in [5.41, 5.74) is 3.95. The molecule has 0 bridgehead atoms. The smallest absolute Gasteiger partial charge is 0.326 e. The van der Waals surface area contributed by atoms with E-state index in [4.69, 9.17) is 10.1 Å². The molecule has 1 unspecified atom stereocenters. The lowest BCUT2D eigenvalue weighted by atomic mass is 9.95. The van der Waals surface area contributed by atoms with Crippen molar-refractivity contribution in [1.82, 2.24) is 10.3 Å². The third-order valence-corrected chi connectivity index (χ3v) is 5.12. The topological polar surface area (TPSA) is 79.3 Å². The van der Waals surface area contributed by atoms with Crippen molar-refractivity contribution in [1.29, 1.82) is 0 Å². The summed E-state index contributed by atoms with van der Waals surface area (Å²) in [4.78, 5) is 27.3. The summed E-state index contributed by atoms with van der Waals surface area (Å²) in [5.74, 6) is -1.14. The molecule has 5 nitrogen and oxygen atoms in total. The highest BCUT2D eigenvalue weighted by molar-refractivity contribution is 5.83. The largest absolute Gasteiger partial charge is 0.480 e. The van der Waals surface area contributed by atoms with Gasteiger partial charge in [0.05, 0.1) is 0 Å². The Labute approximate surface area is 156 Å². The maximum atomic E-state index is 11.3. The number of nitrogens with zero attached hydrogens (tertiary/aromatic N) is 1. The van der Waals surface area contributed by atoms with Crippen LogP contribution in [0.25, 0.3) is 0 Å². The summed E-state index contributed by atoms with van der Waals surface area (Å²) in [6, 6.07) is 3.69. The van der Waals surface area contributed by atoms with Gasteiger partial charge in [0.25, 0.3) is 0 Å². The number of pyridine rings is 1. The van der Waals surface area contributed by atoms with Gasteiger partial charge in [-0.2, -0.15) is 0 Å². The highest BCUT2D eigenvalue weighted by Gasteiger charge is 2.18. The van der Waals surface area contributed by atoms with Crippen molar-refractivity contribution in [2.24, 2.45) is 0 Å². The molecular formula is C21H32N2O3. The SMILES string of the molecule is CCC(=O)NC(CCCCCCCc1ccc2c(n1)CCCC2)C(=O)O. The normalized spacial score (nSPS) is 14.5. The average molecular weight is 360 g/mol. The summed E-state index contributed by atoms with van der Waals surface area (Å²) in [6.45, 7) is 1.73. The predicted octanol–water partition coefficient (Wildman–Crippen LogP) is 3.82. The molecule has 26 heavy (non-hydrogen) atoms. The number of aryl methyl sites for hydroxylation is 3. The van der Waals surface area contributed by atoms with E-state index in [9.17, 15) is 9.59 Å². The second kappa shape index (κ2) is 10.9. The van der Waals surface area contributed by atoms with Gasteiger partial charge in [-0.25, -0.2) is 4.79 Å². The van der Waals surface area contributed by atoms with Crippen LogP contribution in [0.15, 0.2) is 12.1 Å². The first-order chi connectivity index (χ1) is 12.6. The number of carboxylic acid groups (broad SMARTS) is 1. The van der Waals surface area contributed by atoms with Crippen molar-refractivity contribution in [3.8, 4) is 0 Å². The number of hydrogen-bond acceptors (Lipinski definition) is 3.